The molecule has 1 aliphatic rings. The Morgan fingerprint density at radius 1 is 1.05 bits per heavy atom. The van der Waals surface area contributed by atoms with Crippen LogP contribution >= 0.6 is 0 Å². The molecule has 122 valence electrons. The Kier molecular flexibility index (Phi) is 6.20. The molecule has 1 aliphatic heterocycles. The fourth-order valence-corrected chi connectivity index (χ4v) is 2.75. The maximum atomic E-state index is 12.2. The molecule has 0 saturated carbocycles. The molecule has 2 amide bonds. The predicted octanol–water partition coefficient (Wildman–Crippen LogP) is 1.47. The van der Waals surface area contributed by atoms with Gasteiger partial charge in [0.15, 0.2) is 0 Å². The van der Waals surface area contributed by atoms with Crippen molar-refractivity contribution >= 4 is 11.8 Å². The molecular weight excluding hydrogens is 266 g/mol. The van der Waals surface area contributed by atoms with E-state index in [0.717, 1.165) is 6.42 Å². The number of nitrogens with two attached hydrogens (primary N) is 1. The molecule has 5 heteroatoms. The molecule has 1 saturated heterocycles. The van der Waals surface area contributed by atoms with Crippen molar-refractivity contribution in [1.29, 1.82) is 0 Å². The highest BCUT2D eigenvalue weighted by molar-refractivity contribution is 5.79. The second-order valence-corrected chi connectivity index (χ2v) is 7.59. The Balaban J connectivity index is 2.40. The van der Waals surface area contributed by atoms with Crippen LogP contribution in [0.2, 0.25) is 0 Å². The van der Waals surface area contributed by atoms with Gasteiger partial charge in [-0.15, -0.1) is 0 Å². The van der Waals surface area contributed by atoms with Gasteiger partial charge in [-0.25, -0.2) is 0 Å². The molecule has 0 spiro atoms. The number of hydrogen-bond donors (Lipinski definition) is 1. The van der Waals surface area contributed by atoms with Crippen molar-refractivity contribution in [2.24, 2.45) is 17.1 Å². The number of nitrogens with zero attached hydrogens (tertiary/aromatic N) is 2. The second-order valence-electron chi connectivity index (χ2n) is 7.59. The summed E-state index contributed by atoms with van der Waals surface area (Å²) in [5.41, 5.74) is 6.21. The molecule has 1 fully saturated rings. The topological polar surface area (TPSA) is 66.6 Å². The summed E-state index contributed by atoms with van der Waals surface area (Å²) in [6.45, 7) is 12.7. The lowest BCUT2D eigenvalue weighted by atomic mass is 9.87. The van der Waals surface area contributed by atoms with Crippen LogP contribution in [-0.4, -0.2) is 53.8 Å². The zero-order chi connectivity index (χ0) is 16.2. The smallest absolute Gasteiger partial charge is 0.225 e. The van der Waals surface area contributed by atoms with E-state index in [1.165, 1.54) is 0 Å². The van der Waals surface area contributed by atoms with Crippen molar-refractivity contribution in [3.63, 3.8) is 0 Å². The molecule has 0 aliphatic carbocycles. The molecule has 0 aromatic heterocycles. The van der Waals surface area contributed by atoms with Crippen molar-refractivity contribution in [3.05, 3.63) is 0 Å². The molecule has 21 heavy (non-hydrogen) atoms. The van der Waals surface area contributed by atoms with E-state index in [-0.39, 0.29) is 29.2 Å². The predicted molar refractivity (Wildman–Crippen MR) is 84.7 cm³/mol. The van der Waals surface area contributed by atoms with Gasteiger partial charge in [0, 0.05) is 44.6 Å². The third-order valence-electron chi connectivity index (χ3n) is 3.75. The van der Waals surface area contributed by atoms with E-state index in [4.69, 9.17) is 5.73 Å². The van der Waals surface area contributed by atoms with Gasteiger partial charge in [-0.3, -0.25) is 9.59 Å². The van der Waals surface area contributed by atoms with Gasteiger partial charge in [-0.2, -0.15) is 0 Å². The summed E-state index contributed by atoms with van der Waals surface area (Å²) in [4.78, 5) is 27.8. The molecule has 1 heterocycles. The van der Waals surface area contributed by atoms with Crippen LogP contribution in [0.15, 0.2) is 0 Å². The maximum absolute atomic E-state index is 12.2. The number of piperazine rings is 1. The quantitative estimate of drug-likeness (QED) is 0.854. The molecule has 0 aromatic carbocycles. The van der Waals surface area contributed by atoms with Crippen LogP contribution in [0.4, 0.5) is 0 Å². The van der Waals surface area contributed by atoms with Crippen LogP contribution in [0.3, 0.4) is 0 Å². The van der Waals surface area contributed by atoms with Crippen molar-refractivity contribution in [1.82, 2.24) is 9.80 Å². The summed E-state index contributed by atoms with van der Waals surface area (Å²) in [6.07, 6.45) is 1.24. The van der Waals surface area contributed by atoms with E-state index in [2.05, 4.69) is 20.8 Å². The number of carbonyl (C=O) groups excluding carboxylic acids is 2. The van der Waals surface area contributed by atoms with Gasteiger partial charge in [0.25, 0.3) is 0 Å². The Hall–Kier alpha value is -1.10. The minimum Gasteiger partial charge on any atom is -0.339 e. The summed E-state index contributed by atoms with van der Waals surface area (Å²) >= 11 is 0. The molecule has 2 N–H and O–H groups in total. The summed E-state index contributed by atoms with van der Waals surface area (Å²) in [6, 6.07) is -0.0900. The summed E-state index contributed by atoms with van der Waals surface area (Å²) in [7, 11) is 0. The van der Waals surface area contributed by atoms with E-state index >= 15 is 0 Å². The zero-order valence-corrected chi connectivity index (χ0v) is 14.2. The number of rotatable bonds is 4. The molecule has 1 rings (SSSR count). The lowest BCUT2D eigenvalue weighted by Gasteiger charge is -2.36. The second kappa shape index (κ2) is 7.25. The molecule has 1 atom stereocenters. The lowest BCUT2D eigenvalue weighted by molar-refractivity contribution is -0.141. The van der Waals surface area contributed by atoms with Crippen molar-refractivity contribution in [2.45, 2.75) is 53.5 Å². The standard InChI is InChI=1S/C16H31N3O2/c1-12(2)15(21)19-8-6-18(7-9-19)14(20)10-13(17)11-16(3,4)5/h12-13H,6-11,17H2,1-5H3. The van der Waals surface area contributed by atoms with E-state index in [1.807, 2.05) is 23.6 Å². The fraction of sp³-hybridized carbons (Fsp3) is 0.875. The van der Waals surface area contributed by atoms with Gasteiger partial charge in [0.2, 0.25) is 11.8 Å². The normalized spacial score (nSPS) is 18.0. The van der Waals surface area contributed by atoms with Gasteiger partial charge >= 0.3 is 0 Å². The molecule has 0 aromatic rings. The van der Waals surface area contributed by atoms with Crippen LogP contribution in [0.25, 0.3) is 0 Å². The minimum atomic E-state index is -0.0900. The van der Waals surface area contributed by atoms with Crippen molar-refractivity contribution in [3.8, 4) is 0 Å². The van der Waals surface area contributed by atoms with Gasteiger partial charge in [0.05, 0.1) is 0 Å². The minimum absolute atomic E-state index is 0.0208. The van der Waals surface area contributed by atoms with E-state index < -0.39 is 0 Å². The van der Waals surface area contributed by atoms with E-state index in [1.54, 1.807) is 0 Å². The van der Waals surface area contributed by atoms with Crippen LogP contribution in [0, 0.1) is 11.3 Å². The van der Waals surface area contributed by atoms with E-state index in [0.29, 0.717) is 32.6 Å². The average Bonchev–Trinajstić information content (AvgIpc) is 2.35. The first-order chi connectivity index (χ1) is 9.60. The Bertz CT molecular complexity index is 366. The largest absolute Gasteiger partial charge is 0.339 e. The highest BCUT2D eigenvalue weighted by atomic mass is 16.2. The van der Waals surface area contributed by atoms with Gasteiger partial charge in [-0.1, -0.05) is 34.6 Å². The zero-order valence-electron chi connectivity index (χ0n) is 14.2. The van der Waals surface area contributed by atoms with E-state index in [9.17, 15) is 9.59 Å². The summed E-state index contributed by atoms with van der Waals surface area (Å²) < 4.78 is 0. The van der Waals surface area contributed by atoms with Crippen LogP contribution < -0.4 is 5.73 Å². The summed E-state index contributed by atoms with van der Waals surface area (Å²) in [5.74, 6) is 0.308. The summed E-state index contributed by atoms with van der Waals surface area (Å²) in [5, 5.41) is 0. The fourth-order valence-electron chi connectivity index (χ4n) is 2.75. The third kappa shape index (κ3) is 6.04. The Morgan fingerprint density at radius 2 is 1.52 bits per heavy atom. The SMILES string of the molecule is CC(C)C(=O)N1CCN(C(=O)CC(N)CC(C)(C)C)CC1. The van der Waals surface area contributed by atoms with Gasteiger partial charge in [-0.05, 0) is 11.8 Å². The van der Waals surface area contributed by atoms with Gasteiger partial charge in [0.1, 0.15) is 0 Å². The highest BCUT2D eigenvalue weighted by Crippen LogP contribution is 2.21. The Morgan fingerprint density at radius 3 is 1.95 bits per heavy atom. The molecule has 5 nitrogen and oxygen atoms in total. The number of hydrogen-bond acceptors (Lipinski definition) is 3. The van der Waals surface area contributed by atoms with Crippen LogP contribution in [-0.2, 0) is 9.59 Å². The van der Waals surface area contributed by atoms with Crippen LogP contribution in [0.5, 0.6) is 0 Å². The monoisotopic (exact) mass is 297 g/mol. The average molecular weight is 297 g/mol. The lowest BCUT2D eigenvalue weighted by Crippen LogP contribution is -2.52. The number of amides is 2. The van der Waals surface area contributed by atoms with Crippen molar-refractivity contribution < 1.29 is 9.59 Å². The maximum Gasteiger partial charge on any atom is 0.225 e. The molecular formula is C16H31N3O2. The van der Waals surface area contributed by atoms with Crippen LogP contribution in [0.1, 0.15) is 47.5 Å². The molecule has 1 unspecified atom stereocenters. The first kappa shape index (κ1) is 18.0. The van der Waals surface area contributed by atoms with Crippen molar-refractivity contribution in [2.75, 3.05) is 26.2 Å². The first-order valence-electron chi connectivity index (χ1n) is 7.92. The third-order valence-corrected chi connectivity index (χ3v) is 3.75. The van der Waals surface area contributed by atoms with Gasteiger partial charge < -0.3 is 15.5 Å². The Labute approximate surface area is 128 Å². The molecule has 0 bridgehead atoms. The molecule has 0 radical (unpaired) electrons. The number of carbonyl (C=O) groups is 2. The first-order valence-corrected chi connectivity index (χ1v) is 7.92. The highest BCUT2D eigenvalue weighted by Gasteiger charge is 2.26.